The molecule has 0 aromatic heterocycles. The Morgan fingerprint density at radius 2 is 1.57 bits per heavy atom. The van der Waals surface area contributed by atoms with Crippen LogP contribution in [0, 0.1) is 35.5 Å². The number of cyclic esters (lactones) is 1. The normalized spacial score (nSPS) is 40.4. The van der Waals surface area contributed by atoms with Gasteiger partial charge in [-0.2, -0.15) is 0 Å². The number of esters is 1. The number of amides is 1. The van der Waals surface area contributed by atoms with Crippen LogP contribution in [0.2, 0.25) is 0 Å². The number of ketones is 3. The van der Waals surface area contributed by atoms with E-state index in [1.807, 2.05) is 58.1 Å². The first-order valence-corrected chi connectivity index (χ1v) is 23.9. The van der Waals surface area contributed by atoms with Crippen LogP contribution in [0.15, 0.2) is 47.6 Å². The van der Waals surface area contributed by atoms with Crippen LogP contribution in [0.25, 0.3) is 0 Å². The maximum absolute atomic E-state index is 14.4. The fourth-order valence-corrected chi connectivity index (χ4v) is 10.1. The first kappa shape index (κ1) is 54.2. The Labute approximate surface area is 387 Å². The number of aliphatic hydroxyl groups excluding tert-OH is 2. The van der Waals surface area contributed by atoms with E-state index in [1.165, 1.54) is 12.0 Å². The number of carbonyl (C=O) groups is 5. The first-order valence-electron chi connectivity index (χ1n) is 23.9. The minimum absolute atomic E-state index is 0.0193. The van der Waals surface area contributed by atoms with E-state index in [1.54, 1.807) is 41.1 Å². The Morgan fingerprint density at radius 1 is 0.846 bits per heavy atom. The molecule has 15 atom stereocenters. The number of allylic oxidation sites excluding steroid dienone is 6. The molecule has 2 bridgehead atoms. The second kappa shape index (κ2) is 25.1. The number of rotatable bonds is 6. The van der Waals surface area contributed by atoms with Crippen molar-refractivity contribution in [2.75, 3.05) is 27.9 Å². The summed E-state index contributed by atoms with van der Waals surface area (Å²) in [6.07, 6.45) is 11.2. The summed E-state index contributed by atoms with van der Waals surface area (Å²) >= 11 is 0. The molecular weight excluding hydrogens is 835 g/mol. The average molecular weight is 914 g/mol. The molecule has 1 aliphatic carbocycles. The molecule has 3 fully saturated rings. The number of Topliss-reactive ketones (excluding diaryl/α,β-unsaturated/α-hetero) is 3. The lowest BCUT2D eigenvalue weighted by Gasteiger charge is -2.42. The Balaban J connectivity index is 1.70. The van der Waals surface area contributed by atoms with Crippen molar-refractivity contribution in [1.29, 1.82) is 0 Å². The van der Waals surface area contributed by atoms with Crippen molar-refractivity contribution < 1.29 is 63.0 Å². The van der Waals surface area contributed by atoms with Gasteiger partial charge in [0, 0.05) is 58.5 Å². The van der Waals surface area contributed by atoms with Crippen molar-refractivity contribution in [3.05, 3.63) is 47.6 Å². The lowest BCUT2D eigenvalue weighted by Crippen LogP contribution is -2.61. The van der Waals surface area contributed by atoms with Gasteiger partial charge in [-0.1, -0.05) is 71.1 Å². The van der Waals surface area contributed by atoms with E-state index < -0.39 is 83.9 Å². The highest BCUT2D eigenvalue weighted by molar-refractivity contribution is 6.39. The lowest BCUT2D eigenvalue weighted by atomic mass is 9.78. The zero-order valence-corrected chi connectivity index (χ0v) is 40.6. The molecule has 0 spiro atoms. The maximum atomic E-state index is 14.4. The summed E-state index contributed by atoms with van der Waals surface area (Å²) in [7, 11) is 4.52. The molecule has 0 aromatic carbocycles. The fourth-order valence-electron chi connectivity index (χ4n) is 10.1. The van der Waals surface area contributed by atoms with Crippen LogP contribution in [0.3, 0.4) is 0 Å². The predicted molar refractivity (Wildman–Crippen MR) is 245 cm³/mol. The third-order valence-corrected chi connectivity index (χ3v) is 14.5. The summed E-state index contributed by atoms with van der Waals surface area (Å²) in [5, 5.41) is 33.8. The minimum atomic E-state index is -2.43. The van der Waals surface area contributed by atoms with Crippen molar-refractivity contribution in [2.45, 2.75) is 180 Å². The fraction of sp³-hybridized carbons (Fsp3) is 0.745. The van der Waals surface area contributed by atoms with E-state index in [2.05, 4.69) is 0 Å². The maximum Gasteiger partial charge on any atom is 0.329 e. The van der Waals surface area contributed by atoms with Gasteiger partial charge in [0.25, 0.3) is 11.7 Å². The van der Waals surface area contributed by atoms with Gasteiger partial charge >= 0.3 is 5.97 Å². The van der Waals surface area contributed by atoms with E-state index in [9.17, 15) is 39.3 Å². The van der Waals surface area contributed by atoms with E-state index >= 15 is 0 Å². The molecule has 14 nitrogen and oxygen atoms in total. The first-order chi connectivity index (χ1) is 30.7. The molecule has 2 saturated heterocycles. The standard InChI is InChI=1S/C51H79NO13/c1-30-16-12-11-13-17-31(2)42(61-8)28-38-21-19-36(7)51(60,65-38)48(57)49(58)52-23-15-14-18-39(52)50(59)64-43(33(4)26-37-20-22-40(53)44(27-37)62-9)29-41(54)32(3)25-35(6)46(56)47(63-10)45(55)34(5)24-30/h11-13,16-17,25,30,32-34,36-40,42-44,46-47,53,56,60H,14-15,18-24,26-29H2,1-10H3/b13-11+,16-12+,31-17+,35-25+/t30-,32-,33-,34?,36?,37+,38+,39?,40?,42+,43+,44-,46?,47+,51?/m1/s1. The Morgan fingerprint density at radius 3 is 2.25 bits per heavy atom. The third-order valence-electron chi connectivity index (χ3n) is 14.5. The smallest absolute Gasteiger partial charge is 0.329 e. The molecule has 3 N–H and O–H groups in total. The van der Waals surface area contributed by atoms with E-state index in [0.29, 0.717) is 63.4 Å². The van der Waals surface area contributed by atoms with Crippen LogP contribution in [-0.4, -0.2) is 132 Å². The second-order valence-electron chi connectivity index (χ2n) is 19.6. The number of aliphatic hydroxyl groups is 3. The summed E-state index contributed by atoms with van der Waals surface area (Å²) in [4.78, 5) is 71.8. The minimum Gasteiger partial charge on any atom is -0.460 e. The number of ether oxygens (including phenoxy) is 5. The largest absolute Gasteiger partial charge is 0.460 e. The monoisotopic (exact) mass is 914 g/mol. The van der Waals surface area contributed by atoms with Gasteiger partial charge in [-0.15, -0.1) is 0 Å². The number of hydrogen-bond donors (Lipinski definition) is 3. The summed E-state index contributed by atoms with van der Waals surface area (Å²) in [5.74, 6) is -7.96. The Bertz CT molecular complexity index is 1760. The number of methoxy groups -OCH3 is 3. The summed E-state index contributed by atoms with van der Waals surface area (Å²) in [6, 6.07) is -1.14. The Kier molecular flexibility index (Phi) is 21.0. The Hall–Kier alpha value is -3.37. The number of fused-ring (bicyclic) bond motifs is 3. The van der Waals surface area contributed by atoms with Crippen molar-refractivity contribution in [1.82, 2.24) is 4.90 Å². The van der Waals surface area contributed by atoms with E-state index in [-0.39, 0.29) is 54.8 Å². The predicted octanol–water partition coefficient (Wildman–Crippen LogP) is 6.18. The SMILES string of the molecule is CO[C@H]1C[C@@H]2CCC(C)C(O)(O2)C(=O)C(=O)N2CCCCC2C(=O)O[C@H]([C@H](C)C[C@@H]2CCC(O)[C@H](OC)C2)CC(=O)[C@H](C)/C=C(\C)C(O)[C@@H](OC)C(=O)C(C)C[C@H](C)/C=C/C=C/C=C/1C. The highest BCUT2D eigenvalue weighted by Gasteiger charge is 2.53. The summed E-state index contributed by atoms with van der Waals surface area (Å²) < 4.78 is 29.4. The molecule has 4 aliphatic rings. The van der Waals surface area contributed by atoms with Gasteiger partial charge in [-0.3, -0.25) is 19.2 Å². The number of hydrogen-bond acceptors (Lipinski definition) is 13. The van der Waals surface area contributed by atoms with Crippen molar-refractivity contribution >= 4 is 29.2 Å². The van der Waals surface area contributed by atoms with Crippen LogP contribution in [0.5, 0.6) is 0 Å². The summed E-state index contributed by atoms with van der Waals surface area (Å²) in [5.41, 5.74) is 1.27. The lowest BCUT2D eigenvalue weighted by molar-refractivity contribution is -0.265. The van der Waals surface area contributed by atoms with Gasteiger partial charge < -0.3 is 43.9 Å². The quantitative estimate of drug-likeness (QED) is 0.156. The van der Waals surface area contributed by atoms with Crippen LogP contribution in [0.4, 0.5) is 0 Å². The molecule has 4 rings (SSSR count). The van der Waals surface area contributed by atoms with Crippen LogP contribution < -0.4 is 0 Å². The average Bonchev–Trinajstić information content (AvgIpc) is 3.28. The molecule has 1 amide bonds. The topological polar surface area (TPSA) is 195 Å². The van der Waals surface area contributed by atoms with Crippen molar-refractivity contribution in [2.24, 2.45) is 35.5 Å². The van der Waals surface area contributed by atoms with Crippen LogP contribution in [-0.2, 0) is 47.7 Å². The molecular formula is C51H79NO13. The molecule has 6 unspecified atom stereocenters. The molecule has 0 aromatic rings. The highest BCUT2D eigenvalue weighted by atomic mass is 16.6. The molecule has 65 heavy (non-hydrogen) atoms. The zero-order valence-electron chi connectivity index (χ0n) is 40.6. The zero-order chi connectivity index (χ0) is 48.2. The van der Waals surface area contributed by atoms with E-state index in [4.69, 9.17) is 23.7 Å². The molecule has 0 radical (unpaired) electrons. The van der Waals surface area contributed by atoms with Crippen LogP contribution in [0.1, 0.15) is 126 Å². The molecule has 3 heterocycles. The van der Waals surface area contributed by atoms with E-state index in [0.717, 1.165) is 12.0 Å². The highest BCUT2D eigenvalue weighted by Crippen LogP contribution is 2.38. The van der Waals surface area contributed by atoms with Gasteiger partial charge in [0.2, 0.25) is 5.79 Å². The van der Waals surface area contributed by atoms with Gasteiger partial charge in [-0.05, 0) is 107 Å². The van der Waals surface area contributed by atoms with Gasteiger partial charge in [0.15, 0.2) is 5.78 Å². The van der Waals surface area contributed by atoms with Crippen molar-refractivity contribution in [3.63, 3.8) is 0 Å². The van der Waals surface area contributed by atoms with Gasteiger partial charge in [0.05, 0.1) is 24.4 Å². The number of nitrogens with zero attached hydrogens (tertiary/aromatic N) is 1. The molecule has 14 heteroatoms. The van der Waals surface area contributed by atoms with Gasteiger partial charge in [0.1, 0.15) is 30.1 Å². The van der Waals surface area contributed by atoms with Crippen molar-refractivity contribution in [3.8, 4) is 0 Å². The van der Waals surface area contributed by atoms with Gasteiger partial charge in [-0.25, -0.2) is 4.79 Å². The van der Waals surface area contributed by atoms with Crippen LogP contribution >= 0.6 is 0 Å². The molecule has 3 aliphatic heterocycles. The molecule has 366 valence electrons. The summed E-state index contributed by atoms with van der Waals surface area (Å²) in [6.45, 7) is 12.7. The second-order valence-corrected chi connectivity index (χ2v) is 19.6. The molecule has 1 saturated carbocycles. The number of carbonyl (C=O) groups excluding carboxylic acids is 5. The third kappa shape index (κ3) is 14.3. The number of piperidine rings is 1.